The van der Waals surface area contributed by atoms with Crippen molar-refractivity contribution in [1.82, 2.24) is 30.0 Å². The lowest BCUT2D eigenvalue weighted by atomic mass is 9.94. The lowest BCUT2D eigenvalue weighted by molar-refractivity contribution is -0.137. The Kier molecular flexibility index (Phi) is 6.90. The van der Waals surface area contributed by atoms with Crippen molar-refractivity contribution in [1.29, 1.82) is 0 Å². The molecule has 2 N–H and O–H groups in total. The van der Waals surface area contributed by atoms with Crippen LogP contribution in [0.1, 0.15) is 37.3 Å². The van der Waals surface area contributed by atoms with Crippen LogP contribution >= 0.6 is 0 Å². The van der Waals surface area contributed by atoms with Crippen LogP contribution in [0.5, 0.6) is 6.01 Å². The van der Waals surface area contributed by atoms with E-state index in [9.17, 15) is 22.7 Å². The maximum Gasteiger partial charge on any atom is 0.417 e. The predicted octanol–water partition coefficient (Wildman–Crippen LogP) is 5.18. The summed E-state index contributed by atoms with van der Waals surface area (Å²) in [6.07, 6.45) is -0.788. The predicted molar refractivity (Wildman–Crippen MR) is 164 cm³/mol. The molecule has 11 nitrogen and oxygen atoms in total. The second-order valence-electron chi connectivity index (χ2n) is 13.3. The fourth-order valence-corrected chi connectivity index (χ4v) is 7.70. The highest BCUT2D eigenvalue weighted by atomic mass is 19.4. The van der Waals surface area contributed by atoms with Gasteiger partial charge in [-0.15, -0.1) is 0 Å². The Bertz CT molecular complexity index is 2010. The molecular formula is C32H33F4N7O4. The van der Waals surface area contributed by atoms with Crippen LogP contribution in [0.25, 0.3) is 44.2 Å². The van der Waals surface area contributed by atoms with Crippen molar-refractivity contribution >= 4 is 38.8 Å². The number of aryl methyl sites for hydroxylation is 1. The average molecular weight is 656 g/mol. The molecule has 0 unspecified atom stereocenters. The number of aromatic nitrogens is 5. The molecule has 0 amide bonds. The number of hydrogen-bond donors (Lipinski definition) is 2. The van der Waals surface area contributed by atoms with Crippen molar-refractivity contribution in [2.45, 2.75) is 56.6 Å². The number of pyridine rings is 1. The Morgan fingerprint density at radius 3 is 2.89 bits per heavy atom. The van der Waals surface area contributed by atoms with Gasteiger partial charge in [-0.1, -0.05) is 0 Å². The summed E-state index contributed by atoms with van der Waals surface area (Å²) in [4.78, 5) is 17.8. The van der Waals surface area contributed by atoms with Crippen LogP contribution in [0, 0.1) is 6.92 Å². The van der Waals surface area contributed by atoms with Crippen LogP contribution < -0.4 is 9.64 Å². The van der Waals surface area contributed by atoms with E-state index in [4.69, 9.17) is 18.9 Å². The van der Waals surface area contributed by atoms with Crippen molar-refractivity contribution in [3.63, 3.8) is 0 Å². The van der Waals surface area contributed by atoms with E-state index in [1.807, 2.05) is 4.90 Å². The van der Waals surface area contributed by atoms with E-state index in [0.29, 0.717) is 48.2 Å². The fraction of sp³-hybridized carbons (Fsp3) is 0.500. The second kappa shape index (κ2) is 10.7. The number of aromatic amines is 1. The van der Waals surface area contributed by atoms with Gasteiger partial charge in [0.1, 0.15) is 29.9 Å². The van der Waals surface area contributed by atoms with E-state index >= 15 is 0 Å². The molecule has 0 bridgehead atoms. The van der Waals surface area contributed by atoms with E-state index in [1.165, 1.54) is 25.4 Å². The van der Waals surface area contributed by atoms with Crippen molar-refractivity contribution in [2.75, 3.05) is 50.9 Å². The summed E-state index contributed by atoms with van der Waals surface area (Å²) in [5.74, 6) is 0.371. The standard InChI is InChI=1S/C32H33F4N7O4/c1-17-10-21-20(12-38-41-21)22(24(17)32(34,35)36)25-26-19(4-6-37-25)23-27(42-8-9-45-15-30(2,44)14-42)39-29(40-28(23)47-26)46-16-31-5-3-7-43(31)13-18(33)11-31/h4,6,10,12,18,44H,3,5,7-9,11,13-16H2,1-2H3,(H,38,41)/t18-,30+,31+/m1/s1. The molecule has 0 aliphatic carbocycles. The zero-order chi connectivity index (χ0) is 32.7. The first-order valence-electron chi connectivity index (χ1n) is 15.6. The minimum atomic E-state index is -4.70. The zero-order valence-corrected chi connectivity index (χ0v) is 25.8. The summed E-state index contributed by atoms with van der Waals surface area (Å²) in [6, 6.07) is 3.04. The van der Waals surface area contributed by atoms with Crippen LogP contribution in [-0.2, 0) is 10.9 Å². The molecule has 0 saturated carbocycles. The molecule has 1 aromatic carbocycles. The van der Waals surface area contributed by atoms with Crippen LogP contribution in [-0.4, -0.2) is 98.5 Å². The van der Waals surface area contributed by atoms with Gasteiger partial charge in [0.15, 0.2) is 5.58 Å². The Morgan fingerprint density at radius 2 is 2.06 bits per heavy atom. The summed E-state index contributed by atoms with van der Waals surface area (Å²) in [5.41, 5.74) is -2.11. The van der Waals surface area contributed by atoms with Gasteiger partial charge in [0.2, 0.25) is 5.71 Å². The number of rotatable bonds is 5. The molecule has 3 aliphatic heterocycles. The smallest absolute Gasteiger partial charge is 0.417 e. The van der Waals surface area contributed by atoms with Crippen molar-refractivity contribution in [3.05, 3.63) is 35.7 Å². The molecule has 3 atom stereocenters. The number of hydrogen-bond acceptors (Lipinski definition) is 10. The lowest BCUT2D eigenvalue weighted by Gasteiger charge is -2.31. The maximum atomic E-state index is 14.6. The molecule has 8 rings (SSSR count). The number of nitrogens with one attached hydrogen (secondary N) is 1. The van der Waals surface area contributed by atoms with Gasteiger partial charge < -0.3 is 23.9 Å². The Labute approximate surface area is 265 Å². The number of alkyl halides is 4. The normalized spacial score (nSPS) is 25.7. The number of ether oxygens (including phenoxy) is 2. The molecule has 3 aliphatic rings. The van der Waals surface area contributed by atoms with Crippen LogP contribution in [0.4, 0.5) is 23.4 Å². The summed E-state index contributed by atoms with van der Waals surface area (Å²) in [7, 11) is 0. The average Bonchev–Trinajstić information content (AvgIpc) is 3.75. The molecule has 0 radical (unpaired) electrons. The largest absolute Gasteiger partial charge is 0.461 e. The zero-order valence-electron chi connectivity index (χ0n) is 25.8. The number of H-pyrrole nitrogens is 1. The molecule has 3 saturated heterocycles. The highest BCUT2D eigenvalue weighted by Gasteiger charge is 2.49. The van der Waals surface area contributed by atoms with Gasteiger partial charge >= 0.3 is 12.2 Å². The number of benzene rings is 1. The molecule has 0 spiro atoms. The SMILES string of the molecule is Cc1cc2[nH]ncc2c(-c2nccc3c2oc2nc(OC[C@@]45CCCN4C[C@H](F)C5)nc(N4CCOC[C@@](C)(O)C4)c23)c1C(F)(F)F. The van der Waals surface area contributed by atoms with Gasteiger partial charge in [-0.3, -0.25) is 15.0 Å². The first kappa shape index (κ1) is 30.3. The van der Waals surface area contributed by atoms with Gasteiger partial charge in [-0.2, -0.15) is 28.2 Å². The minimum Gasteiger partial charge on any atom is -0.461 e. The molecule has 5 aromatic rings. The highest BCUT2D eigenvalue weighted by molar-refractivity contribution is 6.14. The number of furan rings is 1. The monoisotopic (exact) mass is 655 g/mol. The van der Waals surface area contributed by atoms with Gasteiger partial charge in [-0.25, -0.2) is 4.39 Å². The summed E-state index contributed by atoms with van der Waals surface area (Å²) in [5, 5.41) is 18.9. The Balaban J connectivity index is 1.33. The third-order valence-corrected chi connectivity index (χ3v) is 9.65. The lowest BCUT2D eigenvalue weighted by Crippen LogP contribution is -2.43. The van der Waals surface area contributed by atoms with E-state index in [1.54, 1.807) is 13.0 Å². The Morgan fingerprint density at radius 1 is 1.21 bits per heavy atom. The van der Waals surface area contributed by atoms with Gasteiger partial charge in [0.05, 0.1) is 48.0 Å². The number of aliphatic hydroxyl groups is 1. The van der Waals surface area contributed by atoms with E-state index in [0.717, 1.165) is 19.4 Å². The van der Waals surface area contributed by atoms with E-state index < -0.39 is 29.1 Å². The molecule has 7 heterocycles. The topological polar surface area (TPSA) is 126 Å². The molecule has 248 valence electrons. The van der Waals surface area contributed by atoms with Crippen LogP contribution in [0.15, 0.2) is 28.9 Å². The first-order valence-corrected chi connectivity index (χ1v) is 15.6. The third kappa shape index (κ3) is 5.06. The maximum absolute atomic E-state index is 14.6. The number of nitrogens with zero attached hydrogens (tertiary/aromatic N) is 6. The van der Waals surface area contributed by atoms with E-state index in [2.05, 4.69) is 25.1 Å². The van der Waals surface area contributed by atoms with Crippen LogP contribution in [0.2, 0.25) is 0 Å². The van der Waals surface area contributed by atoms with E-state index in [-0.39, 0.29) is 59.3 Å². The second-order valence-corrected chi connectivity index (χ2v) is 13.3. The summed E-state index contributed by atoms with van der Waals surface area (Å²) in [6.45, 7) is 5.29. The van der Waals surface area contributed by atoms with Crippen molar-refractivity contribution in [2.24, 2.45) is 0 Å². The van der Waals surface area contributed by atoms with Gasteiger partial charge in [0.25, 0.3) is 0 Å². The number of fused-ring (bicyclic) bond motifs is 5. The Hall–Kier alpha value is -4.08. The molecule has 4 aromatic heterocycles. The third-order valence-electron chi connectivity index (χ3n) is 9.65. The van der Waals surface area contributed by atoms with Gasteiger partial charge in [0, 0.05) is 42.0 Å². The highest BCUT2D eigenvalue weighted by Crippen LogP contribution is 2.47. The molecule has 47 heavy (non-hydrogen) atoms. The number of halogens is 4. The summed E-state index contributed by atoms with van der Waals surface area (Å²) < 4.78 is 76.6. The first-order chi connectivity index (χ1) is 22.4. The van der Waals surface area contributed by atoms with Crippen molar-refractivity contribution in [3.8, 4) is 17.3 Å². The van der Waals surface area contributed by atoms with Crippen LogP contribution in [0.3, 0.4) is 0 Å². The number of β-amino-alcohol motifs (C(OH)–C–C–N with tert-alkyl or cyclic N) is 1. The van der Waals surface area contributed by atoms with Gasteiger partial charge in [-0.05, 0) is 50.9 Å². The minimum absolute atomic E-state index is 0.00453. The molecular weight excluding hydrogens is 622 g/mol. The quantitative estimate of drug-likeness (QED) is 0.245. The van der Waals surface area contributed by atoms with Crippen molar-refractivity contribution < 1.29 is 36.6 Å². The summed E-state index contributed by atoms with van der Waals surface area (Å²) >= 11 is 0. The fourth-order valence-electron chi connectivity index (χ4n) is 7.70. The molecule has 15 heteroatoms. The molecule has 3 fully saturated rings. The number of anilines is 1.